The Balaban J connectivity index is 1.89. The zero-order chi connectivity index (χ0) is 20.8. The molecule has 2 aromatic rings. The third kappa shape index (κ3) is 5.57. The maximum atomic E-state index is 12.3. The maximum absolute atomic E-state index is 12.3. The molecule has 0 radical (unpaired) electrons. The van der Waals surface area contributed by atoms with Gasteiger partial charge in [-0.2, -0.15) is 0 Å². The van der Waals surface area contributed by atoms with E-state index in [2.05, 4.69) is 5.32 Å². The van der Waals surface area contributed by atoms with Gasteiger partial charge >= 0.3 is 5.97 Å². The Hall–Kier alpha value is -2.86. The number of carbonyl (C=O) groups is 3. The fourth-order valence-corrected chi connectivity index (χ4v) is 3.05. The number of amides is 2. The lowest BCUT2D eigenvalue weighted by atomic mass is 10.00. The molecule has 0 aliphatic carbocycles. The molecule has 1 N–H and O–H groups in total. The summed E-state index contributed by atoms with van der Waals surface area (Å²) >= 11 is 5.99. The van der Waals surface area contributed by atoms with Crippen LogP contribution in [-0.2, 0) is 14.3 Å². The second-order valence-electron chi connectivity index (χ2n) is 6.63. The molecule has 0 bridgehead atoms. The molecular formula is C21H23ClN2O4. The fourth-order valence-electron chi connectivity index (χ4n) is 2.87. The van der Waals surface area contributed by atoms with Crippen molar-refractivity contribution >= 4 is 35.1 Å². The van der Waals surface area contributed by atoms with E-state index in [9.17, 15) is 14.4 Å². The summed E-state index contributed by atoms with van der Waals surface area (Å²) in [6, 6.07) is 10.6. The largest absolute Gasteiger partial charge is 0.452 e. The Morgan fingerprint density at radius 2 is 1.68 bits per heavy atom. The summed E-state index contributed by atoms with van der Waals surface area (Å²) in [6.45, 7) is 4.96. The molecule has 2 aromatic carbocycles. The van der Waals surface area contributed by atoms with Gasteiger partial charge in [0.1, 0.15) is 0 Å². The van der Waals surface area contributed by atoms with E-state index >= 15 is 0 Å². The number of esters is 1. The first-order valence-corrected chi connectivity index (χ1v) is 9.10. The molecular weight excluding hydrogens is 380 g/mol. The van der Waals surface area contributed by atoms with Crippen LogP contribution in [0.2, 0.25) is 5.02 Å². The van der Waals surface area contributed by atoms with Gasteiger partial charge in [0.05, 0.1) is 22.8 Å². The molecule has 0 saturated carbocycles. The normalized spacial score (nSPS) is 10.3. The van der Waals surface area contributed by atoms with Gasteiger partial charge in [-0.3, -0.25) is 9.59 Å². The average Bonchev–Trinajstić information content (AvgIpc) is 2.60. The summed E-state index contributed by atoms with van der Waals surface area (Å²) in [6.07, 6.45) is 0. The quantitative estimate of drug-likeness (QED) is 0.750. The minimum absolute atomic E-state index is 0.190. The van der Waals surface area contributed by atoms with Gasteiger partial charge in [0.2, 0.25) is 5.91 Å². The molecule has 2 rings (SSSR count). The van der Waals surface area contributed by atoms with E-state index in [0.717, 1.165) is 16.7 Å². The number of halogens is 1. The van der Waals surface area contributed by atoms with E-state index in [1.54, 1.807) is 24.3 Å². The van der Waals surface area contributed by atoms with Gasteiger partial charge in [-0.1, -0.05) is 41.4 Å². The highest BCUT2D eigenvalue weighted by atomic mass is 35.5. The van der Waals surface area contributed by atoms with E-state index in [1.807, 2.05) is 32.9 Å². The molecule has 2 amide bonds. The van der Waals surface area contributed by atoms with Gasteiger partial charge in [0.25, 0.3) is 5.91 Å². The Morgan fingerprint density at radius 3 is 2.29 bits per heavy atom. The maximum Gasteiger partial charge on any atom is 0.339 e. The molecule has 0 heterocycles. The SMILES string of the molecule is Cc1cc(C)c(C(=O)OCC(=O)N(C)CC(=O)Nc2ccccc2Cl)c(C)c1. The van der Waals surface area contributed by atoms with E-state index in [0.29, 0.717) is 16.3 Å². The summed E-state index contributed by atoms with van der Waals surface area (Å²) in [7, 11) is 1.46. The number of anilines is 1. The monoisotopic (exact) mass is 402 g/mol. The third-order valence-electron chi connectivity index (χ3n) is 4.16. The lowest BCUT2D eigenvalue weighted by Gasteiger charge is -2.17. The van der Waals surface area contributed by atoms with Crippen molar-refractivity contribution in [3.8, 4) is 0 Å². The van der Waals surface area contributed by atoms with Crippen LogP contribution in [-0.4, -0.2) is 42.9 Å². The molecule has 0 saturated heterocycles. The van der Waals surface area contributed by atoms with Crippen LogP contribution in [0.3, 0.4) is 0 Å². The van der Waals surface area contributed by atoms with Gasteiger partial charge in [-0.05, 0) is 44.0 Å². The predicted molar refractivity (Wildman–Crippen MR) is 109 cm³/mol. The highest BCUT2D eigenvalue weighted by Crippen LogP contribution is 2.20. The number of carbonyl (C=O) groups excluding carboxylic acids is 3. The lowest BCUT2D eigenvalue weighted by molar-refractivity contribution is -0.136. The van der Waals surface area contributed by atoms with Crippen molar-refractivity contribution in [2.45, 2.75) is 20.8 Å². The first-order chi connectivity index (χ1) is 13.2. The van der Waals surface area contributed by atoms with E-state index in [4.69, 9.17) is 16.3 Å². The summed E-state index contributed by atoms with van der Waals surface area (Å²) in [5, 5.41) is 3.04. The van der Waals surface area contributed by atoms with Crippen molar-refractivity contribution in [1.82, 2.24) is 4.90 Å². The van der Waals surface area contributed by atoms with Crippen LogP contribution >= 0.6 is 11.6 Å². The molecule has 7 heteroatoms. The molecule has 148 valence electrons. The van der Waals surface area contributed by atoms with Crippen molar-refractivity contribution in [2.75, 3.05) is 25.5 Å². The van der Waals surface area contributed by atoms with E-state index in [1.165, 1.54) is 11.9 Å². The standard InChI is InChI=1S/C21H23ClN2O4/c1-13-9-14(2)20(15(3)10-13)21(27)28-12-19(26)24(4)11-18(25)23-17-8-6-5-7-16(17)22/h5-10H,11-12H2,1-4H3,(H,23,25). The number of para-hydroxylation sites is 1. The molecule has 0 aliphatic rings. The number of hydrogen-bond acceptors (Lipinski definition) is 4. The number of nitrogens with one attached hydrogen (secondary N) is 1. The Morgan fingerprint density at radius 1 is 1.07 bits per heavy atom. The fraction of sp³-hybridized carbons (Fsp3) is 0.286. The zero-order valence-corrected chi connectivity index (χ0v) is 17.1. The number of hydrogen-bond donors (Lipinski definition) is 1. The number of nitrogens with zero attached hydrogens (tertiary/aromatic N) is 1. The summed E-state index contributed by atoms with van der Waals surface area (Å²) in [4.78, 5) is 37.8. The Kier molecular flexibility index (Phi) is 7.18. The van der Waals surface area contributed by atoms with Crippen LogP contribution < -0.4 is 5.32 Å². The molecule has 0 fully saturated rings. The third-order valence-corrected chi connectivity index (χ3v) is 4.49. The van der Waals surface area contributed by atoms with Gasteiger partial charge < -0.3 is 15.0 Å². The van der Waals surface area contributed by atoms with Gasteiger partial charge in [-0.25, -0.2) is 4.79 Å². The Bertz CT molecular complexity index is 888. The van der Waals surface area contributed by atoms with Crippen LogP contribution in [0.1, 0.15) is 27.0 Å². The Labute approximate surface area is 169 Å². The smallest absolute Gasteiger partial charge is 0.339 e. The number of likely N-dealkylation sites (N-methyl/N-ethyl adjacent to an activating group) is 1. The number of rotatable bonds is 6. The minimum Gasteiger partial charge on any atom is -0.452 e. The first kappa shape index (κ1) is 21.4. The topological polar surface area (TPSA) is 75.7 Å². The average molecular weight is 403 g/mol. The van der Waals surface area contributed by atoms with Crippen molar-refractivity contribution in [3.05, 3.63) is 63.7 Å². The van der Waals surface area contributed by atoms with Gasteiger partial charge in [0.15, 0.2) is 6.61 Å². The molecule has 28 heavy (non-hydrogen) atoms. The van der Waals surface area contributed by atoms with Gasteiger partial charge in [-0.15, -0.1) is 0 Å². The van der Waals surface area contributed by atoms with Crippen LogP contribution in [0.4, 0.5) is 5.69 Å². The van der Waals surface area contributed by atoms with Crippen molar-refractivity contribution in [2.24, 2.45) is 0 Å². The van der Waals surface area contributed by atoms with Crippen molar-refractivity contribution in [1.29, 1.82) is 0 Å². The molecule has 0 spiro atoms. The first-order valence-electron chi connectivity index (χ1n) is 8.72. The highest BCUT2D eigenvalue weighted by molar-refractivity contribution is 6.33. The summed E-state index contributed by atoms with van der Waals surface area (Å²) < 4.78 is 5.15. The van der Waals surface area contributed by atoms with Crippen LogP contribution in [0.5, 0.6) is 0 Å². The zero-order valence-electron chi connectivity index (χ0n) is 16.3. The number of ether oxygens (including phenoxy) is 1. The second-order valence-corrected chi connectivity index (χ2v) is 7.03. The molecule has 6 nitrogen and oxygen atoms in total. The summed E-state index contributed by atoms with van der Waals surface area (Å²) in [5.41, 5.74) is 3.56. The van der Waals surface area contributed by atoms with Crippen LogP contribution in [0.15, 0.2) is 36.4 Å². The minimum atomic E-state index is -0.558. The number of aryl methyl sites for hydroxylation is 3. The van der Waals surface area contributed by atoms with Crippen LogP contribution in [0, 0.1) is 20.8 Å². The molecule has 0 aliphatic heterocycles. The second kappa shape index (κ2) is 9.37. The van der Waals surface area contributed by atoms with E-state index in [-0.39, 0.29) is 6.54 Å². The molecule has 0 unspecified atom stereocenters. The molecule has 0 aromatic heterocycles. The van der Waals surface area contributed by atoms with Crippen molar-refractivity contribution in [3.63, 3.8) is 0 Å². The molecule has 0 atom stereocenters. The lowest BCUT2D eigenvalue weighted by Crippen LogP contribution is -2.37. The van der Waals surface area contributed by atoms with Crippen molar-refractivity contribution < 1.29 is 19.1 Å². The number of benzene rings is 2. The predicted octanol–water partition coefficient (Wildman–Crippen LogP) is 3.52. The van der Waals surface area contributed by atoms with Crippen LogP contribution in [0.25, 0.3) is 0 Å². The van der Waals surface area contributed by atoms with E-state index < -0.39 is 24.4 Å². The summed E-state index contributed by atoms with van der Waals surface area (Å²) in [5.74, 6) is -1.44. The highest BCUT2D eigenvalue weighted by Gasteiger charge is 2.19. The van der Waals surface area contributed by atoms with Gasteiger partial charge in [0, 0.05) is 7.05 Å².